The summed E-state index contributed by atoms with van der Waals surface area (Å²) >= 11 is 0. The highest BCUT2D eigenvalue weighted by atomic mass is 16.3. The fourth-order valence-electron chi connectivity index (χ4n) is 2.67. The molecule has 7 heteroatoms. The van der Waals surface area contributed by atoms with E-state index in [1.165, 1.54) is 11.6 Å². The molecular formula is C16H18N4O3. The summed E-state index contributed by atoms with van der Waals surface area (Å²) in [6.45, 7) is 0.510. The van der Waals surface area contributed by atoms with Crippen LogP contribution in [0.15, 0.2) is 46.2 Å². The summed E-state index contributed by atoms with van der Waals surface area (Å²) in [6.07, 6.45) is 2.33. The van der Waals surface area contributed by atoms with Crippen molar-refractivity contribution < 1.29 is 5.11 Å². The van der Waals surface area contributed by atoms with Gasteiger partial charge in [0.1, 0.15) is 0 Å². The SMILES string of the molecule is Cn1c(=O)c2c(ncn2CCc2ccccc2)n(CCO)c1=O. The van der Waals surface area contributed by atoms with Crippen LogP contribution in [0.3, 0.4) is 0 Å². The van der Waals surface area contributed by atoms with E-state index in [0.29, 0.717) is 17.7 Å². The van der Waals surface area contributed by atoms with Crippen LogP contribution in [0.5, 0.6) is 0 Å². The Morgan fingerprint density at radius 3 is 2.57 bits per heavy atom. The molecule has 1 aromatic carbocycles. The second-order valence-corrected chi connectivity index (χ2v) is 5.37. The average Bonchev–Trinajstić information content (AvgIpc) is 2.99. The van der Waals surface area contributed by atoms with Crippen molar-refractivity contribution in [3.8, 4) is 0 Å². The molecular weight excluding hydrogens is 296 g/mol. The zero-order valence-corrected chi connectivity index (χ0v) is 12.8. The fraction of sp³-hybridized carbons (Fsp3) is 0.312. The predicted octanol–water partition coefficient (Wildman–Crippen LogP) is 0.132. The van der Waals surface area contributed by atoms with Gasteiger partial charge < -0.3 is 9.67 Å². The average molecular weight is 314 g/mol. The first-order valence-corrected chi connectivity index (χ1v) is 7.43. The van der Waals surface area contributed by atoms with Crippen molar-refractivity contribution >= 4 is 11.2 Å². The van der Waals surface area contributed by atoms with Gasteiger partial charge in [-0.25, -0.2) is 9.78 Å². The summed E-state index contributed by atoms with van der Waals surface area (Å²) in [7, 11) is 1.44. The Morgan fingerprint density at radius 1 is 1.13 bits per heavy atom. The maximum absolute atomic E-state index is 12.4. The summed E-state index contributed by atoms with van der Waals surface area (Å²) in [5.41, 5.74) is 1.03. The molecule has 23 heavy (non-hydrogen) atoms. The molecule has 0 fully saturated rings. The number of hydrogen-bond acceptors (Lipinski definition) is 4. The van der Waals surface area contributed by atoms with Crippen LogP contribution >= 0.6 is 0 Å². The van der Waals surface area contributed by atoms with Gasteiger partial charge in [0.2, 0.25) is 0 Å². The number of aliphatic hydroxyl groups is 1. The predicted molar refractivity (Wildman–Crippen MR) is 86.5 cm³/mol. The van der Waals surface area contributed by atoms with E-state index in [1.54, 1.807) is 10.9 Å². The molecule has 7 nitrogen and oxygen atoms in total. The molecule has 0 spiro atoms. The van der Waals surface area contributed by atoms with Crippen molar-refractivity contribution in [2.24, 2.45) is 7.05 Å². The minimum absolute atomic E-state index is 0.110. The molecule has 2 aromatic heterocycles. The van der Waals surface area contributed by atoms with Crippen LogP contribution < -0.4 is 11.2 Å². The van der Waals surface area contributed by atoms with E-state index < -0.39 is 5.69 Å². The second-order valence-electron chi connectivity index (χ2n) is 5.37. The molecule has 3 rings (SSSR count). The van der Waals surface area contributed by atoms with E-state index in [9.17, 15) is 9.59 Å². The van der Waals surface area contributed by atoms with Crippen LogP contribution in [-0.2, 0) is 26.6 Å². The molecule has 0 bridgehead atoms. The van der Waals surface area contributed by atoms with E-state index in [0.717, 1.165) is 16.6 Å². The van der Waals surface area contributed by atoms with Crippen LogP contribution in [-0.4, -0.2) is 30.4 Å². The van der Waals surface area contributed by atoms with Gasteiger partial charge in [-0.1, -0.05) is 30.3 Å². The number of hydrogen-bond donors (Lipinski definition) is 1. The number of aliphatic hydroxyl groups excluding tert-OH is 1. The first kappa shape index (κ1) is 15.2. The van der Waals surface area contributed by atoms with Crippen molar-refractivity contribution in [2.75, 3.05) is 6.61 Å². The standard InChI is InChI=1S/C16H18N4O3/c1-18-15(22)13-14(20(9-10-21)16(18)23)17-11-19(13)8-7-12-5-3-2-4-6-12/h2-6,11,21H,7-10H2,1H3. The zero-order chi connectivity index (χ0) is 16.4. The number of aryl methyl sites for hydroxylation is 2. The molecule has 0 amide bonds. The minimum Gasteiger partial charge on any atom is -0.395 e. The number of rotatable bonds is 5. The maximum atomic E-state index is 12.4. The summed E-state index contributed by atoms with van der Waals surface area (Å²) in [4.78, 5) is 28.8. The van der Waals surface area contributed by atoms with Gasteiger partial charge in [-0.3, -0.25) is 13.9 Å². The van der Waals surface area contributed by atoms with E-state index in [4.69, 9.17) is 5.11 Å². The van der Waals surface area contributed by atoms with Gasteiger partial charge in [-0.2, -0.15) is 0 Å². The van der Waals surface area contributed by atoms with Crippen molar-refractivity contribution in [3.63, 3.8) is 0 Å². The summed E-state index contributed by atoms with van der Waals surface area (Å²) < 4.78 is 4.15. The fourth-order valence-corrected chi connectivity index (χ4v) is 2.67. The quantitative estimate of drug-likeness (QED) is 0.726. The molecule has 0 aliphatic carbocycles. The first-order valence-electron chi connectivity index (χ1n) is 7.43. The van der Waals surface area contributed by atoms with Gasteiger partial charge in [0, 0.05) is 13.6 Å². The molecule has 0 atom stereocenters. The third-order valence-corrected chi connectivity index (χ3v) is 3.91. The van der Waals surface area contributed by atoms with E-state index in [2.05, 4.69) is 4.98 Å². The summed E-state index contributed by atoms with van der Waals surface area (Å²) in [6, 6.07) is 9.95. The number of fused-ring (bicyclic) bond motifs is 1. The second kappa shape index (κ2) is 6.21. The Kier molecular flexibility index (Phi) is 4.12. The van der Waals surface area contributed by atoms with Crippen LogP contribution in [0, 0.1) is 0 Å². The van der Waals surface area contributed by atoms with E-state index in [-0.39, 0.29) is 18.7 Å². The lowest BCUT2D eigenvalue weighted by molar-refractivity contribution is 0.274. The normalized spacial score (nSPS) is 11.2. The van der Waals surface area contributed by atoms with Gasteiger partial charge >= 0.3 is 5.69 Å². The van der Waals surface area contributed by atoms with Crippen molar-refractivity contribution in [3.05, 3.63) is 63.1 Å². The minimum atomic E-state index is -0.468. The Morgan fingerprint density at radius 2 is 1.87 bits per heavy atom. The van der Waals surface area contributed by atoms with Crippen molar-refractivity contribution in [1.29, 1.82) is 0 Å². The highest BCUT2D eigenvalue weighted by Crippen LogP contribution is 2.09. The molecule has 0 saturated heterocycles. The van der Waals surface area contributed by atoms with Crippen LogP contribution in [0.4, 0.5) is 0 Å². The molecule has 1 N–H and O–H groups in total. The third kappa shape index (κ3) is 2.70. The summed E-state index contributed by atoms with van der Waals surface area (Å²) in [5.74, 6) is 0. The van der Waals surface area contributed by atoms with Crippen LogP contribution in [0.2, 0.25) is 0 Å². The highest BCUT2D eigenvalue weighted by molar-refractivity contribution is 5.70. The Hall–Kier alpha value is -2.67. The van der Waals surface area contributed by atoms with E-state index in [1.807, 2.05) is 30.3 Å². The molecule has 0 saturated carbocycles. The monoisotopic (exact) mass is 314 g/mol. The largest absolute Gasteiger partial charge is 0.395 e. The Labute approximate surface area is 132 Å². The number of imidazole rings is 1. The molecule has 120 valence electrons. The lowest BCUT2D eigenvalue weighted by Crippen LogP contribution is -2.39. The van der Waals surface area contributed by atoms with Crippen LogP contribution in [0.1, 0.15) is 5.56 Å². The molecule has 0 unspecified atom stereocenters. The van der Waals surface area contributed by atoms with Gasteiger partial charge in [0.05, 0.1) is 19.5 Å². The smallest absolute Gasteiger partial charge is 0.332 e. The number of nitrogens with zero attached hydrogens (tertiary/aromatic N) is 4. The van der Waals surface area contributed by atoms with Gasteiger partial charge in [-0.05, 0) is 12.0 Å². The number of benzene rings is 1. The van der Waals surface area contributed by atoms with Crippen molar-refractivity contribution in [2.45, 2.75) is 19.5 Å². The third-order valence-electron chi connectivity index (χ3n) is 3.91. The maximum Gasteiger partial charge on any atom is 0.332 e. The van der Waals surface area contributed by atoms with Gasteiger partial charge in [0.15, 0.2) is 11.2 Å². The molecule has 2 heterocycles. The summed E-state index contributed by atoms with van der Waals surface area (Å²) in [5, 5.41) is 9.14. The van der Waals surface area contributed by atoms with Crippen LogP contribution in [0.25, 0.3) is 11.2 Å². The molecule has 0 radical (unpaired) electrons. The lowest BCUT2D eigenvalue weighted by atomic mass is 10.1. The topological polar surface area (TPSA) is 82.1 Å². The highest BCUT2D eigenvalue weighted by Gasteiger charge is 2.15. The molecule has 3 aromatic rings. The zero-order valence-electron chi connectivity index (χ0n) is 12.8. The Balaban J connectivity index is 2.06. The van der Waals surface area contributed by atoms with Gasteiger partial charge in [-0.15, -0.1) is 0 Å². The Bertz CT molecular complexity index is 938. The lowest BCUT2D eigenvalue weighted by Gasteiger charge is -2.09. The van der Waals surface area contributed by atoms with E-state index >= 15 is 0 Å². The molecule has 0 aliphatic heterocycles. The van der Waals surface area contributed by atoms with Crippen molar-refractivity contribution in [1.82, 2.24) is 18.7 Å². The van der Waals surface area contributed by atoms with Gasteiger partial charge in [0.25, 0.3) is 5.56 Å². The number of aromatic nitrogens is 4. The first-order chi connectivity index (χ1) is 11.1. The molecule has 0 aliphatic rings.